The molecule has 6 aliphatic heterocycles. The van der Waals surface area contributed by atoms with Crippen LogP contribution in [0.4, 0.5) is 0 Å². The predicted molar refractivity (Wildman–Crippen MR) is 194 cm³/mol. The van der Waals surface area contributed by atoms with Gasteiger partial charge in [-0.25, -0.2) is 0 Å². The van der Waals surface area contributed by atoms with Crippen LogP contribution in [0, 0.1) is 5.92 Å². The van der Waals surface area contributed by atoms with Gasteiger partial charge in [-0.1, -0.05) is 26.2 Å². The zero-order chi connectivity index (χ0) is 32.6. The lowest BCUT2D eigenvalue weighted by Gasteiger charge is -2.32. The van der Waals surface area contributed by atoms with Gasteiger partial charge in [-0.05, 0) is 192 Å². The molecule has 264 valence electrons. The monoisotopic (exact) mass is 625 g/mol. The Labute approximate surface area is 277 Å². The number of likely N-dealkylation sites (tertiary alicyclic amines) is 5. The predicted octanol–water partition coefficient (Wildman–Crippen LogP) is 6.09. The molecule has 6 heterocycles. The fourth-order valence-corrected chi connectivity index (χ4v) is 6.60. The Morgan fingerprint density at radius 1 is 0.341 bits per heavy atom. The fraction of sp³-hybridized carbons (Fsp3) is 1.00. The molecule has 0 aromatic rings. The van der Waals surface area contributed by atoms with E-state index in [4.69, 9.17) is 4.74 Å². The van der Waals surface area contributed by atoms with Crippen LogP contribution < -0.4 is 0 Å². The van der Waals surface area contributed by atoms with Gasteiger partial charge in [-0.3, -0.25) is 0 Å². The molecule has 7 nitrogen and oxygen atoms in total. The van der Waals surface area contributed by atoms with Gasteiger partial charge in [-0.15, -0.1) is 0 Å². The number of ether oxygens (including phenoxy) is 1. The Morgan fingerprint density at radius 2 is 0.591 bits per heavy atom. The minimum Gasteiger partial charge on any atom is -0.373 e. The molecule has 0 saturated carbocycles. The summed E-state index contributed by atoms with van der Waals surface area (Å²) in [6.07, 6.45) is 19.3. The standard InChI is InChI=1S/C7H15NO.C7H15N.3C6H13N.C5H11N/c1-6-4-8(3)5-7(2)9-6;1-7-3-5-8(2)6-4-7;3*1-7-5-3-2-4-6-7;1-6-4-2-3-5-6/h6-7H,4-5H2,1-3H3;7H,3-6H2,1-2H3;3*2-6H2,1H3;2-5H2,1H3. The third kappa shape index (κ3) is 24.9. The maximum absolute atomic E-state index is 5.51. The third-order valence-corrected chi connectivity index (χ3v) is 9.68. The summed E-state index contributed by atoms with van der Waals surface area (Å²) in [5.74, 6) is 0.978. The molecule has 0 spiro atoms. The van der Waals surface area contributed by atoms with Gasteiger partial charge in [0.05, 0.1) is 12.2 Å². The topological polar surface area (TPSA) is 28.7 Å². The molecule has 0 N–H and O–H groups in total. The van der Waals surface area contributed by atoms with E-state index >= 15 is 0 Å². The molecule has 6 fully saturated rings. The highest BCUT2D eigenvalue weighted by Crippen LogP contribution is 2.13. The van der Waals surface area contributed by atoms with Gasteiger partial charge in [0.25, 0.3) is 0 Å². The summed E-state index contributed by atoms with van der Waals surface area (Å²) < 4.78 is 5.51. The minimum absolute atomic E-state index is 0.416. The van der Waals surface area contributed by atoms with E-state index < -0.39 is 0 Å². The first kappa shape index (κ1) is 41.7. The van der Waals surface area contributed by atoms with Crippen molar-refractivity contribution in [2.45, 2.75) is 116 Å². The lowest BCUT2D eigenvalue weighted by molar-refractivity contribution is -0.0602. The molecule has 44 heavy (non-hydrogen) atoms. The van der Waals surface area contributed by atoms with Crippen LogP contribution in [0.25, 0.3) is 0 Å². The molecule has 0 bridgehead atoms. The maximum Gasteiger partial charge on any atom is 0.0678 e. The largest absolute Gasteiger partial charge is 0.373 e. The number of rotatable bonds is 0. The van der Waals surface area contributed by atoms with Gasteiger partial charge in [-0.2, -0.15) is 0 Å². The average Bonchev–Trinajstić information content (AvgIpc) is 3.48. The quantitative estimate of drug-likeness (QED) is 0.322. The van der Waals surface area contributed by atoms with Gasteiger partial charge in [0.2, 0.25) is 0 Å². The smallest absolute Gasteiger partial charge is 0.0678 e. The van der Waals surface area contributed by atoms with Crippen LogP contribution in [0.2, 0.25) is 0 Å². The highest BCUT2D eigenvalue weighted by molar-refractivity contribution is 4.69. The summed E-state index contributed by atoms with van der Waals surface area (Å²) in [6, 6.07) is 0. The molecule has 6 saturated heterocycles. The van der Waals surface area contributed by atoms with Crippen molar-refractivity contribution in [1.29, 1.82) is 0 Å². The van der Waals surface area contributed by atoms with Crippen LogP contribution in [0.15, 0.2) is 0 Å². The van der Waals surface area contributed by atoms with E-state index in [1.807, 2.05) is 0 Å². The molecule has 0 aromatic heterocycles. The van der Waals surface area contributed by atoms with Crippen LogP contribution in [-0.2, 0) is 4.74 Å². The van der Waals surface area contributed by atoms with Gasteiger partial charge < -0.3 is 34.1 Å². The highest BCUT2D eigenvalue weighted by Gasteiger charge is 2.18. The third-order valence-electron chi connectivity index (χ3n) is 9.68. The molecular weight excluding hydrogens is 544 g/mol. The van der Waals surface area contributed by atoms with Gasteiger partial charge in [0.1, 0.15) is 0 Å². The average molecular weight is 625 g/mol. The molecular formula is C37H80N6O. The fourth-order valence-electron chi connectivity index (χ4n) is 6.60. The molecule has 2 unspecified atom stereocenters. The summed E-state index contributed by atoms with van der Waals surface area (Å²) in [4.78, 5) is 14.2. The Bertz CT molecular complexity index is 534. The van der Waals surface area contributed by atoms with Gasteiger partial charge >= 0.3 is 0 Å². The number of nitrogens with zero attached hydrogens (tertiary/aromatic N) is 6. The SMILES string of the molecule is CC1CCN(C)CC1.CC1CN(C)CC(C)O1.CN1CCCC1.CN1CCCCC1.CN1CCCCC1.CN1CCCCC1. The van der Waals surface area contributed by atoms with Crippen LogP contribution >= 0.6 is 0 Å². The van der Waals surface area contributed by atoms with E-state index in [-0.39, 0.29) is 0 Å². The van der Waals surface area contributed by atoms with E-state index in [2.05, 4.69) is 92.5 Å². The normalized spacial score (nSPS) is 28.3. The van der Waals surface area contributed by atoms with E-state index in [1.54, 1.807) is 0 Å². The molecule has 0 radical (unpaired) electrons. The first-order chi connectivity index (χ1) is 21.0. The minimum atomic E-state index is 0.416. The molecule has 0 aliphatic carbocycles. The molecule has 2 atom stereocenters. The number of hydrogen-bond donors (Lipinski definition) is 0. The zero-order valence-corrected chi connectivity index (χ0v) is 31.5. The number of hydrogen-bond acceptors (Lipinski definition) is 7. The van der Waals surface area contributed by atoms with E-state index in [1.165, 1.54) is 149 Å². The van der Waals surface area contributed by atoms with Crippen LogP contribution in [-0.4, -0.2) is 162 Å². The lowest BCUT2D eigenvalue weighted by Crippen LogP contribution is -2.42. The second-order valence-corrected chi connectivity index (χ2v) is 15.1. The van der Waals surface area contributed by atoms with Crippen molar-refractivity contribution in [3.8, 4) is 0 Å². The Kier molecular flexibility index (Phi) is 25.4. The van der Waals surface area contributed by atoms with Gasteiger partial charge in [0, 0.05) is 13.1 Å². The summed E-state index contributed by atoms with van der Waals surface area (Å²) in [5, 5.41) is 0. The number of morpholine rings is 1. The summed E-state index contributed by atoms with van der Waals surface area (Å²) >= 11 is 0. The van der Waals surface area contributed by atoms with Crippen molar-refractivity contribution < 1.29 is 4.74 Å². The van der Waals surface area contributed by atoms with Crippen LogP contribution in [0.1, 0.15) is 104 Å². The summed E-state index contributed by atoms with van der Waals surface area (Å²) in [7, 11) is 13.1. The first-order valence-corrected chi connectivity index (χ1v) is 18.8. The van der Waals surface area contributed by atoms with E-state index in [9.17, 15) is 0 Å². The first-order valence-electron chi connectivity index (χ1n) is 18.8. The maximum atomic E-state index is 5.51. The molecule has 0 aromatic carbocycles. The van der Waals surface area contributed by atoms with Crippen molar-refractivity contribution in [2.24, 2.45) is 5.92 Å². The Hall–Kier alpha value is -0.280. The van der Waals surface area contributed by atoms with Crippen LogP contribution in [0.3, 0.4) is 0 Å². The van der Waals surface area contributed by atoms with E-state index in [0.717, 1.165) is 19.0 Å². The second kappa shape index (κ2) is 26.8. The van der Waals surface area contributed by atoms with Crippen LogP contribution in [0.5, 0.6) is 0 Å². The molecule has 7 heteroatoms. The summed E-state index contributed by atoms with van der Waals surface area (Å²) in [6.45, 7) is 21.9. The zero-order valence-electron chi connectivity index (χ0n) is 31.5. The highest BCUT2D eigenvalue weighted by atomic mass is 16.5. The molecule has 6 aliphatic rings. The molecule has 6 rings (SSSR count). The number of likely N-dealkylation sites (N-methyl/N-ethyl adjacent to an activating group) is 1. The number of piperidine rings is 4. The summed E-state index contributed by atoms with van der Waals surface area (Å²) in [5.41, 5.74) is 0. The van der Waals surface area contributed by atoms with Crippen molar-refractivity contribution in [2.75, 3.05) is 121 Å². The van der Waals surface area contributed by atoms with Crippen molar-refractivity contribution in [1.82, 2.24) is 29.4 Å². The molecule has 0 amide bonds. The van der Waals surface area contributed by atoms with E-state index in [0.29, 0.717) is 12.2 Å². The Balaban J connectivity index is 0.000000265. The van der Waals surface area contributed by atoms with Crippen molar-refractivity contribution in [3.63, 3.8) is 0 Å². The lowest BCUT2D eigenvalue weighted by atomic mass is 10.00. The van der Waals surface area contributed by atoms with Gasteiger partial charge in [0.15, 0.2) is 0 Å². The van der Waals surface area contributed by atoms with Crippen molar-refractivity contribution in [3.05, 3.63) is 0 Å². The second-order valence-electron chi connectivity index (χ2n) is 15.1. The van der Waals surface area contributed by atoms with Crippen molar-refractivity contribution >= 4 is 0 Å². The Morgan fingerprint density at radius 3 is 0.773 bits per heavy atom.